The van der Waals surface area contributed by atoms with Gasteiger partial charge < -0.3 is 0 Å². The van der Waals surface area contributed by atoms with E-state index in [4.69, 9.17) is 0 Å². The van der Waals surface area contributed by atoms with Crippen LogP contribution in [0.25, 0.3) is 0 Å². The quantitative estimate of drug-likeness (QED) is 0.350. The summed E-state index contributed by atoms with van der Waals surface area (Å²) in [6.45, 7) is 2.31. The van der Waals surface area contributed by atoms with E-state index in [1.807, 2.05) is 0 Å². The monoisotopic (exact) mass is 402 g/mol. The SMILES string of the molecule is CCCCCC1CCC2CC(c3ccc(C#Cc4ccc(F)cc4)cc3)CCC2C1. The molecule has 0 nitrogen and oxygen atoms in total. The lowest BCUT2D eigenvalue weighted by Crippen LogP contribution is -2.30. The number of hydrogen-bond acceptors (Lipinski definition) is 0. The average molecular weight is 403 g/mol. The number of benzene rings is 2. The number of rotatable bonds is 5. The molecule has 2 aromatic carbocycles. The number of hydrogen-bond donors (Lipinski definition) is 0. The predicted molar refractivity (Wildman–Crippen MR) is 124 cm³/mol. The van der Waals surface area contributed by atoms with Gasteiger partial charge in [0.2, 0.25) is 0 Å². The number of fused-ring (bicyclic) bond motifs is 1. The van der Waals surface area contributed by atoms with E-state index in [0.717, 1.165) is 34.8 Å². The highest BCUT2D eigenvalue weighted by molar-refractivity contribution is 5.43. The van der Waals surface area contributed by atoms with Crippen molar-refractivity contribution < 1.29 is 4.39 Å². The second-order valence-electron chi connectivity index (χ2n) is 9.58. The topological polar surface area (TPSA) is 0 Å². The van der Waals surface area contributed by atoms with Gasteiger partial charge in [-0.3, -0.25) is 0 Å². The van der Waals surface area contributed by atoms with Gasteiger partial charge in [-0.2, -0.15) is 0 Å². The van der Waals surface area contributed by atoms with E-state index in [1.165, 1.54) is 81.9 Å². The molecule has 4 rings (SSSR count). The molecule has 0 N–H and O–H groups in total. The summed E-state index contributed by atoms with van der Waals surface area (Å²) in [7, 11) is 0. The molecule has 2 aromatic rings. The lowest BCUT2D eigenvalue weighted by molar-refractivity contribution is 0.113. The second-order valence-corrected chi connectivity index (χ2v) is 9.58. The van der Waals surface area contributed by atoms with Crippen LogP contribution in [0.3, 0.4) is 0 Å². The maximum atomic E-state index is 13.0. The van der Waals surface area contributed by atoms with Crippen molar-refractivity contribution >= 4 is 0 Å². The number of halogens is 1. The van der Waals surface area contributed by atoms with E-state index in [2.05, 4.69) is 43.0 Å². The highest BCUT2D eigenvalue weighted by Crippen LogP contribution is 2.48. The highest BCUT2D eigenvalue weighted by Gasteiger charge is 2.35. The molecule has 2 fully saturated rings. The van der Waals surface area contributed by atoms with Gasteiger partial charge in [-0.05, 0) is 97.7 Å². The molecule has 4 atom stereocenters. The van der Waals surface area contributed by atoms with Crippen molar-refractivity contribution in [3.8, 4) is 11.8 Å². The zero-order chi connectivity index (χ0) is 20.8. The van der Waals surface area contributed by atoms with Crippen LogP contribution in [0.15, 0.2) is 48.5 Å². The minimum Gasteiger partial charge on any atom is -0.207 e. The zero-order valence-electron chi connectivity index (χ0n) is 18.4. The fourth-order valence-electron chi connectivity index (χ4n) is 5.75. The summed E-state index contributed by atoms with van der Waals surface area (Å²) in [5.74, 6) is 9.79. The molecule has 4 unspecified atom stereocenters. The average Bonchev–Trinajstić information content (AvgIpc) is 2.79. The molecule has 0 spiro atoms. The normalized spacial score (nSPS) is 25.8. The van der Waals surface area contributed by atoms with Crippen LogP contribution in [-0.2, 0) is 0 Å². The Labute approximate surface area is 182 Å². The van der Waals surface area contributed by atoms with Gasteiger partial charge in [0.25, 0.3) is 0 Å². The fourth-order valence-corrected chi connectivity index (χ4v) is 5.75. The summed E-state index contributed by atoms with van der Waals surface area (Å²) >= 11 is 0. The summed E-state index contributed by atoms with van der Waals surface area (Å²) < 4.78 is 13.0. The van der Waals surface area contributed by atoms with Crippen LogP contribution in [-0.4, -0.2) is 0 Å². The summed E-state index contributed by atoms with van der Waals surface area (Å²) in [5.41, 5.74) is 3.37. The fraction of sp³-hybridized carbons (Fsp3) is 0.517. The lowest BCUT2D eigenvalue weighted by atomic mass is 9.63. The van der Waals surface area contributed by atoms with Crippen molar-refractivity contribution in [3.05, 3.63) is 71.0 Å². The second kappa shape index (κ2) is 10.3. The molecule has 2 aliphatic carbocycles. The third-order valence-electron chi connectivity index (χ3n) is 7.52. The molecule has 1 heteroatoms. The summed E-state index contributed by atoms with van der Waals surface area (Å²) in [6.07, 6.45) is 14.3. The summed E-state index contributed by atoms with van der Waals surface area (Å²) in [4.78, 5) is 0. The van der Waals surface area contributed by atoms with Crippen LogP contribution in [0.4, 0.5) is 4.39 Å². The van der Waals surface area contributed by atoms with Crippen LogP contribution in [0.5, 0.6) is 0 Å². The molecule has 0 bridgehead atoms. The standard InChI is InChI=1S/C29H35F/c1-2-3-4-5-24-10-15-28-21-27(17-16-26(28)20-24)25-13-8-22(9-14-25)6-7-23-11-18-29(30)19-12-23/h8-9,11-14,18-19,24,26-28H,2-5,10,15-17,20-21H2,1H3. The Bertz CT molecular complexity index is 852. The van der Waals surface area contributed by atoms with E-state index in [9.17, 15) is 4.39 Å². The maximum Gasteiger partial charge on any atom is 0.123 e. The lowest BCUT2D eigenvalue weighted by Gasteiger charge is -2.42. The Kier molecular flexibility index (Phi) is 7.27. The van der Waals surface area contributed by atoms with Crippen LogP contribution in [0, 0.1) is 35.4 Å². The Hall–Kier alpha value is -2.07. The van der Waals surface area contributed by atoms with Gasteiger partial charge in [-0.1, -0.05) is 63.0 Å². The van der Waals surface area contributed by atoms with Crippen molar-refractivity contribution in [1.82, 2.24) is 0 Å². The van der Waals surface area contributed by atoms with Crippen LogP contribution >= 0.6 is 0 Å². The largest absolute Gasteiger partial charge is 0.207 e. The molecule has 0 amide bonds. The van der Waals surface area contributed by atoms with Gasteiger partial charge in [0, 0.05) is 11.1 Å². The Morgan fingerprint density at radius 2 is 1.40 bits per heavy atom. The zero-order valence-corrected chi connectivity index (χ0v) is 18.4. The summed E-state index contributed by atoms with van der Waals surface area (Å²) in [5, 5.41) is 0. The first kappa shape index (κ1) is 21.2. The first-order chi connectivity index (χ1) is 14.7. The van der Waals surface area contributed by atoms with E-state index in [0.29, 0.717) is 0 Å². The molecule has 2 aliphatic rings. The van der Waals surface area contributed by atoms with Gasteiger partial charge in [0.1, 0.15) is 5.82 Å². The molecule has 0 radical (unpaired) electrons. The van der Waals surface area contributed by atoms with Crippen LogP contribution in [0.1, 0.15) is 93.7 Å². The molecule has 0 aliphatic heterocycles. The van der Waals surface area contributed by atoms with Gasteiger partial charge in [-0.15, -0.1) is 0 Å². The van der Waals surface area contributed by atoms with Gasteiger partial charge in [-0.25, -0.2) is 4.39 Å². The molecular weight excluding hydrogens is 367 g/mol. The van der Waals surface area contributed by atoms with E-state index >= 15 is 0 Å². The summed E-state index contributed by atoms with van der Waals surface area (Å²) in [6, 6.07) is 15.3. The van der Waals surface area contributed by atoms with Crippen LogP contribution in [0.2, 0.25) is 0 Å². The van der Waals surface area contributed by atoms with Crippen molar-refractivity contribution in [3.63, 3.8) is 0 Å². The maximum absolute atomic E-state index is 13.0. The molecule has 2 saturated carbocycles. The molecule has 0 aromatic heterocycles. The van der Waals surface area contributed by atoms with E-state index < -0.39 is 0 Å². The van der Waals surface area contributed by atoms with Gasteiger partial charge in [0.05, 0.1) is 0 Å². The predicted octanol–water partition coefficient (Wildman–Crippen LogP) is 8.11. The molecule has 30 heavy (non-hydrogen) atoms. The Morgan fingerprint density at radius 3 is 2.10 bits per heavy atom. The van der Waals surface area contributed by atoms with Gasteiger partial charge in [0.15, 0.2) is 0 Å². The highest BCUT2D eigenvalue weighted by atomic mass is 19.1. The van der Waals surface area contributed by atoms with Crippen molar-refractivity contribution in [1.29, 1.82) is 0 Å². The molecular formula is C29H35F. The Morgan fingerprint density at radius 1 is 0.767 bits per heavy atom. The molecule has 0 heterocycles. The molecule has 158 valence electrons. The van der Waals surface area contributed by atoms with Crippen molar-refractivity contribution in [2.24, 2.45) is 17.8 Å². The minimum absolute atomic E-state index is 0.218. The number of unbranched alkanes of at least 4 members (excludes halogenated alkanes) is 2. The third kappa shape index (κ3) is 5.54. The minimum atomic E-state index is -0.218. The first-order valence-corrected chi connectivity index (χ1v) is 12.1. The van der Waals surface area contributed by atoms with E-state index in [-0.39, 0.29) is 5.82 Å². The van der Waals surface area contributed by atoms with Gasteiger partial charge >= 0.3 is 0 Å². The third-order valence-corrected chi connectivity index (χ3v) is 7.52. The van der Waals surface area contributed by atoms with Crippen LogP contribution < -0.4 is 0 Å². The smallest absolute Gasteiger partial charge is 0.123 e. The Balaban J connectivity index is 1.31. The molecule has 0 saturated heterocycles. The van der Waals surface area contributed by atoms with E-state index in [1.54, 1.807) is 12.1 Å². The van der Waals surface area contributed by atoms with Crippen molar-refractivity contribution in [2.45, 2.75) is 77.0 Å². The van der Waals surface area contributed by atoms with Crippen molar-refractivity contribution in [2.75, 3.05) is 0 Å². The first-order valence-electron chi connectivity index (χ1n) is 12.1.